The van der Waals surface area contributed by atoms with E-state index in [9.17, 15) is 4.79 Å². The highest BCUT2D eigenvalue weighted by molar-refractivity contribution is 14.0. The predicted molar refractivity (Wildman–Crippen MR) is 114 cm³/mol. The zero-order valence-corrected chi connectivity index (χ0v) is 18.2. The van der Waals surface area contributed by atoms with Gasteiger partial charge in [0.25, 0.3) is 0 Å². The average Bonchev–Trinajstić information content (AvgIpc) is 2.50. The van der Waals surface area contributed by atoms with Gasteiger partial charge in [0.1, 0.15) is 0 Å². The van der Waals surface area contributed by atoms with E-state index >= 15 is 0 Å². The fraction of sp³-hybridized carbons (Fsp3) is 0.529. The van der Waals surface area contributed by atoms with E-state index in [4.69, 9.17) is 5.73 Å². The molecule has 0 bridgehead atoms. The summed E-state index contributed by atoms with van der Waals surface area (Å²) in [6.45, 7) is 9.52. The van der Waals surface area contributed by atoms with Crippen LogP contribution in [0.25, 0.3) is 0 Å². The first-order chi connectivity index (χ1) is 10.8. The van der Waals surface area contributed by atoms with E-state index in [2.05, 4.69) is 47.0 Å². The summed E-state index contributed by atoms with van der Waals surface area (Å²) in [6, 6.07) is 6.38. The van der Waals surface area contributed by atoms with Crippen LogP contribution in [0.1, 0.15) is 31.9 Å². The molecule has 0 unspecified atom stereocenters. The van der Waals surface area contributed by atoms with Crippen molar-refractivity contribution < 1.29 is 4.79 Å². The summed E-state index contributed by atoms with van der Waals surface area (Å²) in [5.41, 5.74) is 7.22. The molecule has 0 spiro atoms. The number of benzene rings is 1. The van der Waals surface area contributed by atoms with Gasteiger partial charge in [-0.1, -0.05) is 12.1 Å². The second-order valence-corrected chi connectivity index (χ2v) is 6.96. The molecular formula is C17H29IN4OS. The van der Waals surface area contributed by atoms with Crippen LogP contribution in [0.3, 0.4) is 0 Å². The van der Waals surface area contributed by atoms with Gasteiger partial charge in [-0.15, -0.1) is 35.7 Å². The number of primary amides is 1. The molecule has 0 aromatic heterocycles. The Morgan fingerprint density at radius 1 is 1.33 bits per heavy atom. The van der Waals surface area contributed by atoms with Crippen LogP contribution in [0, 0.1) is 12.3 Å². The number of thioether (sulfide) groups is 1. The Hall–Kier alpha value is -0.960. The molecule has 0 radical (unpaired) electrons. The van der Waals surface area contributed by atoms with Crippen LogP contribution in [0.4, 0.5) is 0 Å². The maximum absolute atomic E-state index is 11.4. The second-order valence-electron chi connectivity index (χ2n) is 6.11. The molecule has 1 amide bonds. The molecule has 24 heavy (non-hydrogen) atoms. The van der Waals surface area contributed by atoms with Gasteiger partial charge in [0, 0.05) is 18.0 Å². The first-order valence-electron chi connectivity index (χ1n) is 7.75. The molecule has 0 atom stereocenters. The normalized spacial score (nSPS) is 11.6. The zero-order valence-electron chi connectivity index (χ0n) is 15.1. The topological polar surface area (TPSA) is 79.5 Å². The predicted octanol–water partition coefficient (Wildman–Crippen LogP) is 2.90. The van der Waals surface area contributed by atoms with Crippen molar-refractivity contribution in [3.63, 3.8) is 0 Å². The number of nitrogens with one attached hydrogen (secondary N) is 2. The van der Waals surface area contributed by atoms with Gasteiger partial charge in [-0.05, 0) is 51.1 Å². The largest absolute Gasteiger partial charge is 0.369 e. The van der Waals surface area contributed by atoms with E-state index in [-0.39, 0.29) is 29.9 Å². The lowest BCUT2D eigenvalue weighted by atomic mass is 9.93. The minimum atomic E-state index is -0.621. The Labute approximate surface area is 166 Å². The third-order valence-electron chi connectivity index (χ3n) is 3.56. The molecule has 7 heteroatoms. The van der Waals surface area contributed by atoms with Crippen molar-refractivity contribution in [2.75, 3.05) is 19.3 Å². The molecule has 1 aromatic carbocycles. The monoisotopic (exact) mass is 464 g/mol. The third kappa shape index (κ3) is 7.29. The molecule has 1 rings (SSSR count). The van der Waals surface area contributed by atoms with Gasteiger partial charge in [-0.25, -0.2) is 4.99 Å². The summed E-state index contributed by atoms with van der Waals surface area (Å²) in [4.78, 5) is 17.3. The van der Waals surface area contributed by atoms with E-state index < -0.39 is 5.41 Å². The Kier molecular flexibility index (Phi) is 10.4. The number of amides is 1. The molecule has 0 saturated carbocycles. The van der Waals surface area contributed by atoms with Gasteiger partial charge in [-0.3, -0.25) is 4.79 Å². The highest BCUT2D eigenvalue weighted by Gasteiger charge is 2.24. The first kappa shape index (κ1) is 23.0. The Balaban J connectivity index is 0.00000529. The Bertz CT molecular complexity index is 576. The summed E-state index contributed by atoms with van der Waals surface area (Å²) in [5.74, 6) is 0.360. The van der Waals surface area contributed by atoms with Gasteiger partial charge in [0.15, 0.2) is 5.96 Å². The van der Waals surface area contributed by atoms with Crippen molar-refractivity contribution in [2.45, 2.75) is 39.1 Å². The molecular weight excluding hydrogens is 435 g/mol. The number of carbonyl (C=O) groups excluding carboxylic acids is 1. The van der Waals surface area contributed by atoms with Gasteiger partial charge >= 0.3 is 0 Å². The third-order valence-corrected chi connectivity index (χ3v) is 4.38. The molecule has 136 valence electrons. The number of rotatable bonds is 7. The van der Waals surface area contributed by atoms with Crippen LogP contribution in [0.2, 0.25) is 0 Å². The van der Waals surface area contributed by atoms with E-state index in [1.807, 2.05) is 20.8 Å². The van der Waals surface area contributed by atoms with Crippen molar-refractivity contribution in [1.82, 2.24) is 10.6 Å². The van der Waals surface area contributed by atoms with Crippen molar-refractivity contribution in [2.24, 2.45) is 16.1 Å². The SMILES string of the molecule is CCNC(=NCc1ccc(C)cc1SC)NCC(C)(C)C(N)=O.I. The van der Waals surface area contributed by atoms with E-state index in [0.29, 0.717) is 19.0 Å². The quantitative estimate of drug-likeness (QED) is 0.251. The molecule has 0 saturated heterocycles. The lowest BCUT2D eigenvalue weighted by Crippen LogP contribution is -2.46. The molecule has 0 heterocycles. The minimum absolute atomic E-state index is 0. The molecule has 0 aliphatic carbocycles. The molecule has 0 aliphatic rings. The smallest absolute Gasteiger partial charge is 0.224 e. The summed E-state index contributed by atoms with van der Waals surface area (Å²) in [5, 5.41) is 6.39. The van der Waals surface area contributed by atoms with Gasteiger partial charge < -0.3 is 16.4 Å². The van der Waals surface area contributed by atoms with Crippen LogP contribution in [-0.4, -0.2) is 31.2 Å². The molecule has 0 aliphatic heterocycles. The van der Waals surface area contributed by atoms with E-state index in [1.165, 1.54) is 16.0 Å². The number of halogens is 1. The number of nitrogens with two attached hydrogens (primary N) is 1. The summed E-state index contributed by atoms with van der Waals surface area (Å²) >= 11 is 1.72. The minimum Gasteiger partial charge on any atom is -0.369 e. The van der Waals surface area contributed by atoms with Gasteiger partial charge in [-0.2, -0.15) is 0 Å². The van der Waals surface area contributed by atoms with Crippen molar-refractivity contribution in [3.05, 3.63) is 29.3 Å². The molecule has 1 aromatic rings. The van der Waals surface area contributed by atoms with Crippen LogP contribution < -0.4 is 16.4 Å². The number of aryl methyl sites for hydroxylation is 1. The Morgan fingerprint density at radius 2 is 2.00 bits per heavy atom. The first-order valence-corrected chi connectivity index (χ1v) is 8.98. The number of guanidine groups is 1. The number of nitrogens with zero attached hydrogens (tertiary/aromatic N) is 1. The summed E-state index contributed by atoms with van der Waals surface area (Å²) in [6.07, 6.45) is 2.07. The van der Waals surface area contributed by atoms with E-state index in [0.717, 1.165) is 6.54 Å². The molecule has 5 nitrogen and oxygen atoms in total. The number of hydrogen-bond donors (Lipinski definition) is 3. The van der Waals surface area contributed by atoms with Crippen LogP contribution in [0.15, 0.2) is 28.1 Å². The number of carbonyl (C=O) groups is 1. The molecule has 0 fully saturated rings. The van der Waals surface area contributed by atoms with Crippen molar-refractivity contribution in [3.8, 4) is 0 Å². The number of hydrogen-bond acceptors (Lipinski definition) is 3. The average molecular weight is 464 g/mol. The highest BCUT2D eigenvalue weighted by Crippen LogP contribution is 2.22. The maximum Gasteiger partial charge on any atom is 0.224 e. The van der Waals surface area contributed by atoms with Gasteiger partial charge in [0.05, 0.1) is 12.0 Å². The fourth-order valence-electron chi connectivity index (χ4n) is 1.88. The molecule has 4 N–H and O–H groups in total. The van der Waals surface area contributed by atoms with Crippen LogP contribution in [-0.2, 0) is 11.3 Å². The van der Waals surface area contributed by atoms with E-state index in [1.54, 1.807) is 11.8 Å². The number of aliphatic imine (C=N–C) groups is 1. The zero-order chi connectivity index (χ0) is 17.5. The van der Waals surface area contributed by atoms with Gasteiger partial charge in [0.2, 0.25) is 5.91 Å². The van der Waals surface area contributed by atoms with Crippen molar-refractivity contribution >= 4 is 47.6 Å². The Morgan fingerprint density at radius 3 is 2.54 bits per heavy atom. The highest BCUT2D eigenvalue weighted by atomic mass is 127. The summed E-state index contributed by atoms with van der Waals surface area (Å²) < 4.78 is 0. The second kappa shape index (κ2) is 10.8. The van der Waals surface area contributed by atoms with Crippen LogP contribution >= 0.6 is 35.7 Å². The summed E-state index contributed by atoms with van der Waals surface area (Å²) in [7, 11) is 0. The fourth-order valence-corrected chi connectivity index (χ4v) is 2.58. The lowest BCUT2D eigenvalue weighted by Gasteiger charge is -2.22. The lowest BCUT2D eigenvalue weighted by molar-refractivity contribution is -0.125. The standard InChI is InChI=1S/C17H28N4OS.HI/c1-6-19-16(21-11-17(3,4)15(18)22)20-10-13-8-7-12(2)9-14(13)23-5;/h7-9H,6,10-11H2,1-5H3,(H2,18,22)(H2,19,20,21);1H. The maximum atomic E-state index is 11.4. The van der Waals surface area contributed by atoms with Crippen LogP contribution in [0.5, 0.6) is 0 Å². The van der Waals surface area contributed by atoms with Crippen molar-refractivity contribution in [1.29, 1.82) is 0 Å².